The second kappa shape index (κ2) is 7.09. The molecule has 2 heterocycles. The minimum absolute atomic E-state index is 0.298. The van der Waals surface area contributed by atoms with Gasteiger partial charge in [0.15, 0.2) is 12.1 Å². The molecule has 2 saturated heterocycles. The van der Waals surface area contributed by atoms with Gasteiger partial charge in [-0.1, -0.05) is 0 Å². The fourth-order valence-electron chi connectivity index (χ4n) is 2.61. The van der Waals surface area contributed by atoms with Crippen LogP contribution in [0.1, 0.15) is 27.7 Å². The van der Waals surface area contributed by atoms with Gasteiger partial charge in [0.25, 0.3) is 0 Å². The normalized spacial score (nSPS) is 34.4. The smallest absolute Gasteiger partial charge is 0.353 e. The molecule has 2 fully saturated rings. The molecule has 0 saturated carbocycles. The molecular formula is C14H25O7P. The second-order valence-corrected chi connectivity index (χ2v) is 7.38. The molecule has 4 atom stereocenters. The van der Waals surface area contributed by atoms with Crippen molar-refractivity contribution in [2.75, 3.05) is 20.3 Å². The molecule has 0 aromatic rings. The van der Waals surface area contributed by atoms with Gasteiger partial charge in [-0.3, -0.25) is 4.57 Å². The van der Waals surface area contributed by atoms with E-state index in [0.29, 0.717) is 13.2 Å². The van der Waals surface area contributed by atoms with E-state index in [0.717, 1.165) is 0 Å². The van der Waals surface area contributed by atoms with Crippen molar-refractivity contribution >= 4 is 7.60 Å². The molecule has 0 aromatic carbocycles. The summed E-state index contributed by atoms with van der Waals surface area (Å²) in [7, 11) is -1.72. The van der Waals surface area contributed by atoms with Gasteiger partial charge in [0, 0.05) is 12.9 Å². The summed E-state index contributed by atoms with van der Waals surface area (Å²) < 4.78 is 45.6. The minimum atomic E-state index is -3.27. The van der Waals surface area contributed by atoms with Gasteiger partial charge in [-0.2, -0.15) is 0 Å². The maximum atomic E-state index is 12.5. The largest absolute Gasteiger partial charge is 0.353 e. The van der Waals surface area contributed by atoms with Crippen LogP contribution in [0, 0.1) is 0 Å². The number of hydrogen-bond acceptors (Lipinski definition) is 7. The molecule has 0 aromatic heterocycles. The standard InChI is InChI=1S/C14H25O7P/c1-6-17-22(15,18-7-2)9-8-10-11-12(13(16-5)19-10)21-14(3,4)20-11/h8-13H,6-7H2,1-5H3/b9-8+/t10-,11-,12-,13-/m1/s1. The molecule has 0 unspecified atom stereocenters. The van der Waals surface area contributed by atoms with Crippen LogP contribution in [0.2, 0.25) is 0 Å². The molecule has 22 heavy (non-hydrogen) atoms. The van der Waals surface area contributed by atoms with Crippen LogP contribution in [0.4, 0.5) is 0 Å². The van der Waals surface area contributed by atoms with Crippen molar-refractivity contribution in [2.45, 2.75) is 58.1 Å². The van der Waals surface area contributed by atoms with E-state index < -0.39 is 25.8 Å². The summed E-state index contributed by atoms with van der Waals surface area (Å²) in [5.41, 5.74) is 0. The fourth-order valence-corrected chi connectivity index (χ4v) is 3.96. The van der Waals surface area contributed by atoms with E-state index in [1.807, 2.05) is 13.8 Å². The van der Waals surface area contributed by atoms with E-state index in [4.69, 9.17) is 28.0 Å². The molecule has 2 aliphatic heterocycles. The molecule has 8 heteroatoms. The monoisotopic (exact) mass is 336 g/mol. The molecule has 0 radical (unpaired) electrons. The zero-order chi connectivity index (χ0) is 16.4. The second-order valence-electron chi connectivity index (χ2n) is 5.49. The Hall–Kier alpha value is -0.270. The average molecular weight is 336 g/mol. The minimum Gasteiger partial charge on any atom is -0.353 e. The number of rotatable bonds is 7. The zero-order valence-electron chi connectivity index (χ0n) is 13.7. The van der Waals surface area contributed by atoms with E-state index in [-0.39, 0.29) is 12.2 Å². The van der Waals surface area contributed by atoms with Crippen molar-refractivity contribution in [1.29, 1.82) is 0 Å². The van der Waals surface area contributed by atoms with Crippen molar-refractivity contribution in [1.82, 2.24) is 0 Å². The van der Waals surface area contributed by atoms with Gasteiger partial charge in [0.05, 0.1) is 13.2 Å². The third-order valence-electron chi connectivity index (χ3n) is 3.36. The fraction of sp³-hybridized carbons (Fsp3) is 0.857. The van der Waals surface area contributed by atoms with Gasteiger partial charge in [0.1, 0.15) is 18.3 Å². The van der Waals surface area contributed by atoms with Gasteiger partial charge in [-0.25, -0.2) is 0 Å². The molecular weight excluding hydrogens is 311 g/mol. The maximum absolute atomic E-state index is 12.5. The first-order chi connectivity index (χ1) is 10.3. The van der Waals surface area contributed by atoms with Crippen LogP contribution in [-0.2, 0) is 32.6 Å². The predicted molar refractivity (Wildman–Crippen MR) is 79.5 cm³/mol. The molecule has 2 rings (SSSR count). The number of hydrogen-bond donors (Lipinski definition) is 0. The van der Waals surface area contributed by atoms with Gasteiger partial charge in [-0.15, -0.1) is 0 Å². The summed E-state index contributed by atoms with van der Waals surface area (Å²) in [6.07, 6.45) is 0.0279. The lowest BCUT2D eigenvalue weighted by atomic mass is 10.1. The summed E-state index contributed by atoms with van der Waals surface area (Å²) in [5, 5.41) is 0. The van der Waals surface area contributed by atoms with Crippen LogP contribution < -0.4 is 0 Å². The molecule has 0 aliphatic carbocycles. The number of ether oxygens (including phenoxy) is 4. The SMILES string of the molecule is CCOP(=O)(/C=C/[C@H]1O[C@@H](OC)[C@@H]2OC(C)(C)O[C@@H]21)OCC. The van der Waals surface area contributed by atoms with Crippen LogP contribution in [-0.4, -0.2) is 50.7 Å². The van der Waals surface area contributed by atoms with E-state index >= 15 is 0 Å². The Kier molecular flexibility index (Phi) is 5.83. The first kappa shape index (κ1) is 18.1. The third-order valence-corrected chi connectivity index (χ3v) is 5.13. The molecule has 7 nitrogen and oxygen atoms in total. The third kappa shape index (κ3) is 3.97. The van der Waals surface area contributed by atoms with Crippen molar-refractivity contribution < 1.29 is 32.6 Å². The van der Waals surface area contributed by atoms with E-state index in [1.165, 1.54) is 5.82 Å². The Bertz CT molecular complexity index is 440. The average Bonchev–Trinajstić information content (AvgIpc) is 2.90. The number of fused-ring (bicyclic) bond motifs is 1. The molecule has 2 aliphatic rings. The van der Waals surface area contributed by atoms with Gasteiger partial charge >= 0.3 is 7.60 Å². The van der Waals surface area contributed by atoms with Crippen molar-refractivity contribution in [2.24, 2.45) is 0 Å². The van der Waals surface area contributed by atoms with Gasteiger partial charge in [-0.05, 0) is 33.8 Å². The summed E-state index contributed by atoms with van der Waals surface area (Å²) in [4.78, 5) is 0. The topological polar surface area (TPSA) is 72.5 Å². The molecule has 0 N–H and O–H groups in total. The summed E-state index contributed by atoms with van der Waals surface area (Å²) in [6.45, 7) is 7.80. The first-order valence-corrected chi connectivity index (χ1v) is 9.07. The van der Waals surface area contributed by atoms with Crippen LogP contribution in [0.25, 0.3) is 0 Å². The van der Waals surface area contributed by atoms with Crippen molar-refractivity contribution in [3.8, 4) is 0 Å². The van der Waals surface area contributed by atoms with Crippen LogP contribution >= 0.6 is 7.60 Å². The highest BCUT2D eigenvalue weighted by Gasteiger charge is 2.54. The Morgan fingerprint density at radius 1 is 1.14 bits per heavy atom. The van der Waals surface area contributed by atoms with Crippen LogP contribution in [0.15, 0.2) is 11.9 Å². The highest BCUT2D eigenvalue weighted by Crippen LogP contribution is 2.50. The maximum Gasteiger partial charge on any atom is 0.353 e. The van der Waals surface area contributed by atoms with Gasteiger partial charge in [0.2, 0.25) is 0 Å². The lowest BCUT2D eigenvalue weighted by Gasteiger charge is -2.22. The van der Waals surface area contributed by atoms with Crippen molar-refractivity contribution in [3.05, 3.63) is 11.9 Å². The Labute approximate surface area is 131 Å². The lowest BCUT2D eigenvalue weighted by Crippen LogP contribution is -2.30. The van der Waals surface area contributed by atoms with Crippen LogP contribution in [0.5, 0.6) is 0 Å². The molecule has 0 spiro atoms. The predicted octanol–water partition coefficient (Wildman–Crippen LogP) is 2.66. The molecule has 128 valence electrons. The summed E-state index contributed by atoms with van der Waals surface area (Å²) in [6, 6.07) is 0. The van der Waals surface area contributed by atoms with E-state index in [1.54, 1.807) is 27.0 Å². The highest BCUT2D eigenvalue weighted by molar-refractivity contribution is 7.57. The highest BCUT2D eigenvalue weighted by atomic mass is 31.2. The van der Waals surface area contributed by atoms with E-state index in [2.05, 4.69) is 0 Å². The van der Waals surface area contributed by atoms with Gasteiger partial charge < -0.3 is 28.0 Å². The zero-order valence-corrected chi connectivity index (χ0v) is 14.6. The van der Waals surface area contributed by atoms with Crippen molar-refractivity contribution in [3.63, 3.8) is 0 Å². The first-order valence-electron chi connectivity index (χ1n) is 7.46. The molecule has 0 bridgehead atoms. The van der Waals surface area contributed by atoms with Crippen LogP contribution in [0.3, 0.4) is 0 Å². The summed E-state index contributed by atoms with van der Waals surface area (Å²) >= 11 is 0. The summed E-state index contributed by atoms with van der Waals surface area (Å²) in [5.74, 6) is 0.722. The quantitative estimate of drug-likeness (QED) is 0.662. The molecule has 0 amide bonds. The number of methoxy groups -OCH3 is 1. The lowest BCUT2D eigenvalue weighted by molar-refractivity contribution is -0.221. The Morgan fingerprint density at radius 2 is 1.73 bits per heavy atom. The Balaban J connectivity index is 2.11. The van der Waals surface area contributed by atoms with E-state index in [9.17, 15) is 4.57 Å². The Morgan fingerprint density at radius 3 is 2.27 bits per heavy atom.